The van der Waals surface area contributed by atoms with Crippen molar-refractivity contribution in [3.63, 3.8) is 0 Å². The molecule has 0 radical (unpaired) electrons. The first-order valence-corrected chi connectivity index (χ1v) is 37.1. The van der Waals surface area contributed by atoms with Crippen LogP contribution in [0.15, 0.2) is 36.4 Å². The van der Waals surface area contributed by atoms with Crippen LogP contribution < -0.4 is 0 Å². The topological polar surface area (TPSA) is 870 Å². The van der Waals surface area contributed by atoms with Crippen molar-refractivity contribution >= 4 is 59.7 Å². The van der Waals surface area contributed by atoms with Crippen molar-refractivity contribution in [3.8, 4) is 233 Å². The lowest BCUT2D eigenvalue weighted by Crippen LogP contribution is -2.56. The molecule has 9 heterocycles. The van der Waals surface area contributed by atoms with Gasteiger partial charge in [0.1, 0.15) is 19.3 Å². The van der Waals surface area contributed by atoms with E-state index in [4.69, 9.17) is 47.4 Å². The Bertz CT molecular complexity index is 7220. The molecule has 9 aliphatic heterocycles. The predicted octanol–water partition coefficient (Wildman–Crippen LogP) is 3.34. The zero-order valence-electron chi connectivity index (χ0n) is 64.2. The van der Waals surface area contributed by atoms with E-state index < -0.39 is 440 Å². The lowest BCUT2D eigenvalue weighted by molar-refractivity contribution is -0.154. The molecule has 9 aliphatic rings. The van der Waals surface area contributed by atoms with Crippen molar-refractivity contribution in [1.82, 2.24) is 0 Å². The van der Waals surface area contributed by atoms with Crippen molar-refractivity contribution in [3.05, 3.63) is 109 Å². The highest BCUT2D eigenvalue weighted by atomic mass is 16.7. The molecular weight excluding hydrogens is 1780 g/mol. The van der Waals surface area contributed by atoms with Crippen LogP contribution in [0.5, 0.6) is 167 Å². The van der Waals surface area contributed by atoms with Crippen LogP contribution in [0.1, 0.15) is 132 Å². The molecule has 0 aromatic heterocycles. The number of aliphatic hydroxyl groups excluding tert-OH is 1. The molecule has 0 aliphatic carbocycles. The Balaban J connectivity index is 0.953. The first-order chi connectivity index (χ1) is 62.2. The molecule has 0 amide bonds. The highest BCUT2D eigenvalue weighted by Crippen LogP contribution is 2.68. The van der Waals surface area contributed by atoms with E-state index in [1.54, 1.807) is 0 Å². The Kier molecular flexibility index (Phi) is 18.0. The molecule has 50 heteroatoms. The minimum atomic E-state index is -3.64. The molecule has 678 valence electrons. The van der Waals surface area contributed by atoms with Gasteiger partial charge in [0.15, 0.2) is 164 Å². The lowest BCUT2D eigenvalue weighted by Gasteiger charge is -2.43. The van der Waals surface area contributed by atoms with Gasteiger partial charge in [0.05, 0.1) is 61.6 Å². The number of phenolic OH excluding ortho intramolecular Hbond substituents is 29. The van der Waals surface area contributed by atoms with Gasteiger partial charge in [-0.15, -0.1) is 0 Å². The van der Waals surface area contributed by atoms with Crippen molar-refractivity contribution in [2.24, 2.45) is 0 Å². The fourth-order valence-electron chi connectivity index (χ4n) is 17.4. The van der Waals surface area contributed by atoms with Crippen LogP contribution >= 0.6 is 0 Å². The molecule has 0 saturated carbocycles. The second-order valence-electron chi connectivity index (χ2n) is 30.1. The number of esters is 10. The maximum Gasteiger partial charge on any atom is 0.340 e. The fraction of sp³-hybridized carbons (Fsp3) is 0.146. The molecular formula is C82H50O50. The van der Waals surface area contributed by atoms with E-state index >= 15 is 38.4 Å². The van der Waals surface area contributed by atoms with Gasteiger partial charge in [0.2, 0.25) is 51.7 Å². The average molecular weight is 1840 g/mol. The molecule has 10 aromatic carbocycles. The van der Waals surface area contributed by atoms with E-state index in [0.29, 0.717) is 0 Å². The largest absolute Gasteiger partial charge is 0.504 e. The van der Waals surface area contributed by atoms with Gasteiger partial charge in [0, 0.05) is 83.5 Å². The standard InChI is InChI=1S/C82H50O50/c83-15-1-9-10(2-16(15)84)74(114)125-22-8-124-78(118)38-28(27-14(6-20(88)46(92)50(27)96)77(117)128-68(22)72-70-61(107)42-41(82(122)130-70)33(57(103)66(112)60(42)106)30-37(79(119)132-72)23(9)51(97)62(108)54(30)100)52(98)64(110)58(104)34(38)36-35-40-32(56(102)65(111)59(35)105)31-39-29(53(99)63(109)55(31)101)26-13(5-19(87)45(91)49(26)95)75(115)126-21-7-123-73(113)11-3-17(85)43(89)47(93)24(11)25-12(4-18(86)44(90)48(25)94)76(116)127-67(21)71(131-81(39)121)69(36)129-80(40)120/h1-6,21-22,36,61,67-72,83-112H,7-8H2/t21-,22-,36+,61+,67-,68?,69-,70-,71+,72+/m1/s1. The Morgan fingerprint density at radius 2 is 0.424 bits per heavy atom. The van der Waals surface area contributed by atoms with Crippen LogP contribution in [0.25, 0.3) is 66.8 Å². The van der Waals surface area contributed by atoms with Gasteiger partial charge in [-0.05, 0) is 36.4 Å². The van der Waals surface area contributed by atoms with Gasteiger partial charge in [-0.3, -0.25) is 0 Å². The number of benzene rings is 10. The minimum absolute atomic E-state index is 0.0187. The molecule has 10 bridgehead atoms. The van der Waals surface area contributed by atoms with E-state index in [9.17, 15) is 163 Å². The van der Waals surface area contributed by atoms with Crippen molar-refractivity contribution in [2.75, 3.05) is 13.2 Å². The first-order valence-electron chi connectivity index (χ1n) is 37.1. The summed E-state index contributed by atoms with van der Waals surface area (Å²) in [4.78, 5) is 159. The molecule has 0 fully saturated rings. The quantitative estimate of drug-likeness (QED) is 0.0636. The third kappa shape index (κ3) is 11.2. The second kappa shape index (κ2) is 28.3. The molecule has 0 saturated heterocycles. The molecule has 30 N–H and O–H groups in total. The average Bonchev–Trinajstić information content (AvgIpc) is 0.907. The summed E-state index contributed by atoms with van der Waals surface area (Å²) in [5.74, 6) is -80.4. The van der Waals surface area contributed by atoms with E-state index in [1.165, 1.54) is 0 Å². The minimum Gasteiger partial charge on any atom is -0.504 e. The van der Waals surface area contributed by atoms with E-state index in [-0.39, 0.29) is 36.4 Å². The van der Waals surface area contributed by atoms with Crippen LogP contribution in [-0.2, 0) is 47.4 Å². The summed E-state index contributed by atoms with van der Waals surface area (Å²) in [6.07, 6.45) is -29.7. The smallest absolute Gasteiger partial charge is 0.340 e. The maximum absolute atomic E-state index is 16.8. The number of carbonyl (C=O) groups excluding carboxylic acids is 10. The zero-order valence-corrected chi connectivity index (χ0v) is 64.2. The number of aromatic hydroxyl groups is 29. The van der Waals surface area contributed by atoms with Crippen LogP contribution in [0.4, 0.5) is 0 Å². The summed E-state index contributed by atoms with van der Waals surface area (Å²) >= 11 is 0. The molecule has 50 nitrogen and oxygen atoms in total. The Morgan fingerprint density at radius 1 is 0.182 bits per heavy atom. The van der Waals surface area contributed by atoms with Gasteiger partial charge >= 0.3 is 59.7 Å². The number of carbonyl (C=O) groups is 10. The highest BCUT2D eigenvalue weighted by Gasteiger charge is 2.61. The van der Waals surface area contributed by atoms with Gasteiger partial charge < -0.3 is 201 Å². The molecule has 0 spiro atoms. The normalized spacial score (nSPS) is 20.8. The van der Waals surface area contributed by atoms with Crippen molar-refractivity contribution in [2.45, 2.75) is 60.9 Å². The molecule has 19 rings (SSSR count). The second-order valence-corrected chi connectivity index (χ2v) is 30.1. The van der Waals surface area contributed by atoms with Crippen LogP contribution in [0, 0.1) is 0 Å². The summed E-state index contributed by atoms with van der Waals surface area (Å²) in [6, 6.07) is 0.932. The summed E-state index contributed by atoms with van der Waals surface area (Å²) < 4.78 is 58.8. The van der Waals surface area contributed by atoms with Gasteiger partial charge in [-0.1, -0.05) is 0 Å². The van der Waals surface area contributed by atoms with Gasteiger partial charge in [-0.25, -0.2) is 47.9 Å². The van der Waals surface area contributed by atoms with Crippen molar-refractivity contribution in [1.29, 1.82) is 0 Å². The maximum atomic E-state index is 16.8. The summed E-state index contributed by atoms with van der Waals surface area (Å²) in [7, 11) is 0. The van der Waals surface area contributed by atoms with Crippen molar-refractivity contribution < 1.29 is 249 Å². The highest BCUT2D eigenvalue weighted by molar-refractivity contribution is 6.20. The number of hydrogen-bond acceptors (Lipinski definition) is 50. The number of hydrogen-bond donors (Lipinski definition) is 30. The number of cyclic esters (lactones) is 2. The number of fused-ring (bicyclic) bond motifs is 20. The summed E-state index contributed by atoms with van der Waals surface area (Å²) in [6.45, 7) is -4.15. The molecule has 132 heavy (non-hydrogen) atoms. The Labute approximate surface area is 722 Å². The molecule has 1 unspecified atom stereocenters. The van der Waals surface area contributed by atoms with Crippen LogP contribution in [-0.4, -0.2) is 275 Å². The number of phenols is 29. The van der Waals surface area contributed by atoms with Crippen LogP contribution in [0.2, 0.25) is 0 Å². The fourth-order valence-corrected chi connectivity index (χ4v) is 17.4. The monoisotopic (exact) mass is 1830 g/mol. The summed E-state index contributed by atoms with van der Waals surface area (Å²) in [5, 5.41) is 357. The van der Waals surface area contributed by atoms with E-state index in [2.05, 4.69) is 0 Å². The lowest BCUT2D eigenvalue weighted by atomic mass is 9.72. The van der Waals surface area contributed by atoms with E-state index in [1.807, 2.05) is 0 Å². The third-order valence-corrected chi connectivity index (χ3v) is 23.3. The predicted molar refractivity (Wildman–Crippen MR) is 408 cm³/mol. The SMILES string of the molecule is O=C1O[C@@H]2COC(=O)c3c(c(O)c(O)c(O)c3[C@H]3c4c(O)c(O)c(O)c5c4C(=O)O[C@H]3[C@H]3OC(=O)c4c(c(O)c(O)c(O)c4-5)-c4c(cc(O)c(O)c4O)C(=O)O[C@@H]4COC(=O)c5cc(O)c(O)c(O)c5-c5c(cc(O)c(O)c5O)C(=O)O[C@@H]34)-c3c(cc(O)c(O)c3O)C(=O)OC2[C@@H]2OC(=O)c3c(c(O)c(O)c(O)c3-c3c(O)c(O)c(O)c4c3C(=O)O[C@@H]2[C@H]4O)-c2cc(O)c(O)cc21. The van der Waals surface area contributed by atoms with E-state index in [0.717, 1.165) is 0 Å². The van der Waals surface area contributed by atoms with Gasteiger partial charge in [-0.2, -0.15) is 0 Å². The Hall–Kier alpha value is -18.9. The Morgan fingerprint density at radius 3 is 0.833 bits per heavy atom. The summed E-state index contributed by atoms with van der Waals surface area (Å²) in [5.41, 5.74) is -41.0. The van der Waals surface area contributed by atoms with Gasteiger partial charge in [0.25, 0.3) is 0 Å². The number of rotatable bonds is 1. The first kappa shape index (κ1) is 83.9. The number of aliphatic hydroxyl groups is 1. The zero-order chi connectivity index (χ0) is 95.5. The van der Waals surface area contributed by atoms with Crippen LogP contribution in [0.3, 0.4) is 0 Å². The third-order valence-electron chi connectivity index (χ3n) is 23.3. The molecule has 10 aromatic rings. The molecule has 10 atom stereocenters. The number of ether oxygens (including phenoxy) is 10.